The van der Waals surface area contributed by atoms with Crippen LogP contribution in [0.1, 0.15) is 42.5 Å². The summed E-state index contributed by atoms with van der Waals surface area (Å²) in [6, 6.07) is 0. The SMILES string of the molecule is CCNc1nc(-c2csc(C)n2)nc2c1CCCCC2. The summed E-state index contributed by atoms with van der Waals surface area (Å²) in [5.41, 5.74) is 3.44. The smallest absolute Gasteiger partial charge is 0.181 e. The molecule has 0 bridgehead atoms. The molecule has 0 amide bonds. The first-order chi connectivity index (χ1) is 9.78. The van der Waals surface area contributed by atoms with Crippen molar-refractivity contribution in [2.75, 3.05) is 11.9 Å². The van der Waals surface area contributed by atoms with Crippen molar-refractivity contribution in [1.29, 1.82) is 0 Å². The summed E-state index contributed by atoms with van der Waals surface area (Å²) in [6.07, 6.45) is 5.91. The van der Waals surface area contributed by atoms with Gasteiger partial charge in [0.2, 0.25) is 0 Å². The summed E-state index contributed by atoms with van der Waals surface area (Å²) in [4.78, 5) is 14.0. The molecule has 2 aromatic rings. The van der Waals surface area contributed by atoms with Gasteiger partial charge in [-0.05, 0) is 39.5 Å². The van der Waals surface area contributed by atoms with Crippen LogP contribution in [0, 0.1) is 6.92 Å². The van der Waals surface area contributed by atoms with Gasteiger partial charge in [0, 0.05) is 23.2 Å². The van der Waals surface area contributed by atoms with E-state index in [1.807, 2.05) is 12.3 Å². The lowest BCUT2D eigenvalue weighted by molar-refractivity contribution is 0.709. The summed E-state index contributed by atoms with van der Waals surface area (Å²) in [5.74, 6) is 1.78. The largest absolute Gasteiger partial charge is 0.370 e. The van der Waals surface area contributed by atoms with Crippen molar-refractivity contribution in [3.63, 3.8) is 0 Å². The summed E-state index contributed by atoms with van der Waals surface area (Å²) in [6.45, 7) is 5.01. The maximum Gasteiger partial charge on any atom is 0.181 e. The zero-order valence-corrected chi connectivity index (χ0v) is 12.9. The molecule has 0 radical (unpaired) electrons. The Hall–Kier alpha value is -1.49. The van der Waals surface area contributed by atoms with Gasteiger partial charge in [-0.3, -0.25) is 0 Å². The summed E-state index contributed by atoms with van der Waals surface area (Å²) < 4.78 is 0. The molecule has 106 valence electrons. The zero-order chi connectivity index (χ0) is 13.9. The van der Waals surface area contributed by atoms with Crippen LogP contribution in [0.2, 0.25) is 0 Å². The third-order valence-corrected chi connectivity index (χ3v) is 4.40. The van der Waals surface area contributed by atoms with E-state index in [9.17, 15) is 0 Å². The molecule has 0 saturated heterocycles. The van der Waals surface area contributed by atoms with Gasteiger partial charge in [0.15, 0.2) is 5.82 Å². The molecule has 1 aliphatic carbocycles. The number of nitrogens with one attached hydrogen (secondary N) is 1. The number of hydrogen-bond acceptors (Lipinski definition) is 5. The predicted octanol–water partition coefficient (Wildman–Crippen LogP) is 3.61. The highest BCUT2D eigenvalue weighted by atomic mass is 32.1. The molecule has 0 aromatic carbocycles. The van der Waals surface area contributed by atoms with E-state index < -0.39 is 0 Å². The first-order valence-corrected chi connectivity index (χ1v) is 8.22. The molecule has 2 aromatic heterocycles. The van der Waals surface area contributed by atoms with Gasteiger partial charge in [-0.15, -0.1) is 11.3 Å². The summed E-state index contributed by atoms with van der Waals surface area (Å²) in [5, 5.41) is 6.51. The molecule has 0 aliphatic heterocycles. The summed E-state index contributed by atoms with van der Waals surface area (Å²) >= 11 is 1.65. The van der Waals surface area contributed by atoms with Gasteiger partial charge in [0.05, 0.1) is 5.01 Å². The molecule has 5 heteroatoms. The minimum absolute atomic E-state index is 0.769. The number of anilines is 1. The van der Waals surface area contributed by atoms with Crippen molar-refractivity contribution in [1.82, 2.24) is 15.0 Å². The van der Waals surface area contributed by atoms with Crippen LogP contribution in [0.15, 0.2) is 5.38 Å². The Balaban J connectivity index is 2.08. The number of nitrogens with zero attached hydrogens (tertiary/aromatic N) is 3. The van der Waals surface area contributed by atoms with Gasteiger partial charge in [-0.25, -0.2) is 15.0 Å². The predicted molar refractivity (Wildman–Crippen MR) is 83.3 cm³/mol. The Morgan fingerprint density at radius 1 is 1.15 bits per heavy atom. The molecule has 20 heavy (non-hydrogen) atoms. The molecule has 1 N–H and O–H groups in total. The van der Waals surface area contributed by atoms with Gasteiger partial charge in [0.25, 0.3) is 0 Å². The zero-order valence-electron chi connectivity index (χ0n) is 12.1. The van der Waals surface area contributed by atoms with Crippen LogP contribution < -0.4 is 5.32 Å². The average molecular weight is 288 g/mol. The third-order valence-electron chi connectivity index (χ3n) is 3.63. The second-order valence-corrected chi connectivity index (χ2v) is 6.23. The highest BCUT2D eigenvalue weighted by Gasteiger charge is 2.18. The van der Waals surface area contributed by atoms with E-state index in [1.165, 1.54) is 30.5 Å². The van der Waals surface area contributed by atoms with E-state index in [2.05, 4.69) is 17.2 Å². The molecule has 0 spiro atoms. The van der Waals surface area contributed by atoms with Crippen LogP contribution in [-0.4, -0.2) is 21.5 Å². The van der Waals surface area contributed by atoms with Crippen LogP contribution >= 0.6 is 11.3 Å². The highest BCUT2D eigenvalue weighted by molar-refractivity contribution is 7.09. The number of thiazole rings is 1. The van der Waals surface area contributed by atoms with Crippen LogP contribution in [0.5, 0.6) is 0 Å². The Morgan fingerprint density at radius 2 is 2.00 bits per heavy atom. The van der Waals surface area contributed by atoms with E-state index in [0.29, 0.717) is 0 Å². The van der Waals surface area contributed by atoms with Crippen LogP contribution in [0.25, 0.3) is 11.5 Å². The maximum absolute atomic E-state index is 4.79. The summed E-state index contributed by atoms with van der Waals surface area (Å²) in [7, 11) is 0. The monoisotopic (exact) mass is 288 g/mol. The average Bonchev–Trinajstić information content (AvgIpc) is 2.73. The number of fused-ring (bicyclic) bond motifs is 1. The molecular formula is C15H20N4S. The van der Waals surface area contributed by atoms with Gasteiger partial charge < -0.3 is 5.32 Å². The second kappa shape index (κ2) is 5.87. The van der Waals surface area contributed by atoms with E-state index in [-0.39, 0.29) is 0 Å². The number of aromatic nitrogens is 3. The Morgan fingerprint density at radius 3 is 2.75 bits per heavy atom. The van der Waals surface area contributed by atoms with Crippen LogP contribution in [-0.2, 0) is 12.8 Å². The normalized spacial score (nSPS) is 14.7. The highest BCUT2D eigenvalue weighted by Crippen LogP contribution is 2.28. The number of rotatable bonds is 3. The molecule has 0 atom stereocenters. The van der Waals surface area contributed by atoms with Crippen molar-refractivity contribution < 1.29 is 0 Å². The third kappa shape index (κ3) is 2.68. The molecule has 0 saturated carbocycles. The molecular weight excluding hydrogens is 268 g/mol. The van der Waals surface area contributed by atoms with Crippen LogP contribution in [0.4, 0.5) is 5.82 Å². The molecule has 0 fully saturated rings. The van der Waals surface area contributed by atoms with E-state index in [0.717, 1.165) is 41.7 Å². The second-order valence-electron chi connectivity index (χ2n) is 5.16. The maximum atomic E-state index is 4.79. The first kappa shape index (κ1) is 13.5. The van der Waals surface area contributed by atoms with Gasteiger partial charge in [0.1, 0.15) is 11.5 Å². The number of aryl methyl sites for hydroxylation is 2. The van der Waals surface area contributed by atoms with Gasteiger partial charge >= 0.3 is 0 Å². The molecule has 4 nitrogen and oxygen atoms in total. The topological polar surface area (TPSA) is 50.7 Å². The lowest BCUT2D eigenvalue weighted by Crippen LogP contribution is -2.09. The van der Waals surface area contributed by atoms with Crippen molar-refractivity contribution in [2.45, 2.75) is 46.0 Å². The Bertz CT molecular complexity index is 606. The molecule has 2 heterocycles. The standard InChI is InChI=1S/C15H20N4S/c1-3-16-14-11-7-5-4-6-8-12(11)18-15(19-14)13-9-20-10(2)17-13/h9H,3-8H2,1-2H3,(H,16,18,19). The lowest BCUT2D eigenvalue weighted by Gasteiger charge is -2.13. The van der Waals surface area contributed by atoms with Crippen LogP contribution in [0.3, 0.4) is 0 Å². The van der Waals surface area contributed by atoms with Crippen molar-refractivity contribution in [3.8, 4) is 11.5 Å². The molecule has 1 aliphatic rings. The quantitative estimate of drug-likeness (QED) is 0.877. The molecule has 0 unspecified atom stereocenters. The number of hydrogen-bond donors (Lipinski definition) is 1. The van der Waals surface area contributed by atoms with Gasteiger partial charge in [-0.1, -0.05) is 6.42 Å². The Kier molecular flexibility index (Phi) is 3.96. The van der Waals surface area contributed by atoms with E-state index in [4.69, 9.17) is 9.97 Å². The fourth-order valence-electron chi connectivity index (χ4n) is 2.67. The van der Waals surface area contributed by atoms with E-state index >= 15 is 0 Å². The Labute approximate surface area is 123 Å². The van der Waals surface area contributed by atoms with Crippen molar-refractivity contribution in [2.24, 2.45) is 0 Å². The minimum Gasteiger partial charge on any atom is -0.370 e. The first-order valence-electron chi connectivity index (χ1n) is 7.34. The fourth-order valence-corrected chi connectivity index (χ4v) is 3.26. The fraction of sp³-hybridized carbons (Fsp3) is 0.533. The van der Waals surface area contributed by atoms with Crippen molar-refractivity contribution >= 4 is 17.2 Å². The lowest BCUT2D eigenvalue weighted by atomic mass is 10.1. The van der Waals surface area contributed by atoms with E-state index in [1.54, 1.807) is 11.3 Å². The van der Waals surface area contributed by atoms with Crippen molar-refractivity contribution in [3.05, 3.63) is 21.6 Å². The minimum atomic E-state index is 0.769. The van der Waals surface area contributed by atoms with Gasteiger partial charge in [-0.2, -0.15) is 0 Å². The molecule has 3 rings (SSSR count).